The molecular weight excluding hydrogens is 286 g/mol. The summed E-state index contributed by atoms with van der Waals surface area (Å²) in [5.41, 5.74) is 5.05. The van der Waals surface area contributed by atoms with Gasteiger partial charge in [-0.15, -0.1) is 0 Å². The Balaban J connectivity index is 2.07. The Morgan fingerprint density at radius 3 is 2.36 bits per heavy atom. The average Bonchev–Trinajstić information content (AvgIpc) is 2.49. The van der Waals surface area contributed by atoms with Crippen molar-refractivity contribution in [3.05, 3.63) is 65.2 Å². The van der Waals surface area contributed by atoms with Crippen molar-refractivity contribution in [2.24, 2.45) is 0 Å². The molecule has 0 fully saturated rings. The normalized spacial score (nSPS) is 11.3. The van der Waals surface area contributed by atoms with Gasteiger partial charge in [0.15, 0.2) is 0 Å². The lowest BCUT2D eigenvalue weighted by molar-refractivity contribution is 0.870. The van der Waals surface area contributed by atoms with Gasteiger partial charge in [0, 0.05) is 10.3 Å². The number of hydrogen-bond acceptors (Lipinski definition) is 2. The highest BCUT2D eigenvalue weighted by molar-refractivity contribution is 7.99. The van der Waals surface area contributed by atoms with Gasteiger partial charge in [0.1, 0.15) is 5.03 Å². The van der Waals surface area contributed by atoms with Crippen LogP contribution in [0.15, 0.2) is 58.5 Å². The van der Waals surface area contributed by atoms with Gasteiger partial charge in [0.25, 0.3) is 0 Å². The molecule has 0 saturated carbocycles. The van der Waals surface area contributed by atoms with Crippen LogP contribution in [0.2, 0.25) is 0 Å². The van der Waals surface area contributed by atoms with Crippen molar-refractivity contribution in [2.75, 3.05) is 0 Å². The van der Waals surface area contributed by atoms with E-state index in [1.165, 1.54) is 27.0 Å². The van der Waals surface area contributed by atoms with Gasteiger partial charge in [0.2, 0.25) is 0 Å². The molecule has 0 N–H and O–H groups in total. The van der Waals surface area contributed by atoms with Crippen LogP contribution in [-0.4, -0.2) is 4.98 Å². The number of para-hydroxylation sites is 1. The van der Waals surface area contributed by atoms with Crippen LogP contribution in [0.4, 0.5) is 0 Å². The Morgan fingerprint density at radius 2 is 1.68 bits per heavy atom. The molecule has 0 amide bonds. The molecule has 0 spiro atoms. The van der Waals surface area contributed by atoms with Gasteiger partial charge >= 0.3 is 0 Å². The van der Waals surface area contributed by atoms with Crippen molar-refractivity contribution in [3.8, 4) is 0 Å². The fraction of sp³-hybridized carbons (Fsp3) is 0.250. The molecule has 1 nitrogen and oxygen atoms in total. The molecular formula is C20H21NS. The molecule has 0 aliphatic carbocycles. The summed E-state index contributed by atoms with van der Waals surface area (Å²) in [7, 11) is 0. The van der Waals surface area contributed by atoms with Crippen LogP contribution in [0.1, 0.15) is 36.5 Å². The van der Waals surface area contributed by atoms with E-state index >= 15 is 0 Å². The lowest BCUT2D eigenvalue weighted by Crippen LogP contribution is -1.94. The number of benzene rings is 2. The summed E-state index contributed by atoms with van der Waals surface area (Å²) in [6, 6.07) is 17.3. The lowest BCUT2D eigenvalue weighted by atomic mass is 9.98. The van der Waals surface area contributed by atoms with Crippen molar-refractivity contribution in [1.29, 1.82) is 0 Å². The second-order valence-corrected chi connectivity index (χ2v) is 7.18. The van der Waals surface area contributed by atoms with Crippen LogP contribution < -0.4 is 0 Å². The fourth-order valence-electron chi connectivity index (χ4n) is 2.66. The highest BCUT2D eigenvalue weighted by Crippen LogP contribution is 2.32. The zero-order valence-corrected chi connectivity index (χ0v) is 14.4. The van der Waals surface area contributed by atoms with E-state index < -0.39 is 0 Å². The number of hydrogen-bond donors (Lipinski definition) is 0. The molecule has 112 valence electrons. The number of fused-ring (bicyclic) bond motifs is 1. The summed E-state index contributed by atoms with van der Waals surface area (Å²) in [4.78, 5) is 6.17. The first kappa shape index (κ1) is 15.1. The Bertz CT molecular complexity index is 804. The van der Waals surface area contributed by atoms with Gasteiger partial charge in [-0.25, -0.2) is 4.98 Å². The number of aromatic nitrogens is 1. The minimum absolute atomic E-state index is 0.482. The summed E-state index contributed by atoms with van der Waals surface area (Å²) in [6.45, 7) is 8.74. The molecule has 22 heavy (non-hydrogen) atoms. The van der Waals surface area contributed by atoms with E-state index in [0.717, 1.165) is 10.5 Å². The van der Waals surface area contributed by atoms with E-state index in [-0.39, 0.29) is 0 Å². The minimum Gasteiger partial charge on any atom is -0.241 e. The van der Waals surface area contributed by atoms with E-state index in [9.17, 15) is 0 Å². The van der Waals surface area contributed by atoms with E-state index in [2.05, 4.69) is 76.2 Å². The molecule has 1 heterocycles. The molecule has 3 aromatic rings. The standard InChI is InChI=1S/C20H21NS/c1-13(2)17-6-5-7-18-15(4)12-19(21-20(17)18)22-16-10-8-14(3)9-11-16/h5-13H,1-4H3. The third-order valence-corrected chi connectivity index (χ3v) is 4.85. The maximum absolute atomic E-state index is 4.94. The zero-order valence-electron chi connectivity index (χ0n) is 13.6. The molecule has 0 aliphatic rings. The van der Waals surface area contributed by atoms with Gasteiger partial charge in [-0.05, 0) is 49.1 Å². The van der Waals surface area contributed by atoms with Gasteiger partial charge in [0.05, 0.1) is 5.52 Å². The maximum atomic E-state index is 4.94. The molecule has 1 aromatic heterocycles. The predicted molar refractivity (Wildman–Crippen MR) is 95.9 cm³/mol. The number of nitrogens with zero attached hydrogens (tertiary/aromatic N) is 1. The van der Waals surface area contributed by atoms with Crippen LogP contribution in [0.5, 0.6) is 0 Å². The molecule has 2 heteroatoms. The highest BCUT2D eigenvalue weighted by atomic mass is 32.2. The lowest BCUT2D eigenvalue weighted by Gasteiger charge is -2.12. The van der Waals surface area contributed by atoms with Crippen LogP contribution in [0.3, 0.4) is 0 Å². The number of aryl methyl sites for hydroxylation is 2. The quantitative estimate of drug-likeness (QED) is 0.577. The molecule has 3 rings (SSSR count). The van der Waals surface area contributed by atoms with Gasteiger partial charge in [-0.3, -0.25) is 0 Å². The van der Waals surface area contributed by atoms with Crippen molar-refractivity contribution in [2.45, 2.75) is 43.5 Å². The van der Waals surface area contributed by atoms with E-state index in [1.807, 2.05) is 0 Å². The third kappa shape index (κ3) is 3.02. The van der Waals surface area contributed by atoms with Crippen LogP contribution in [-0.2, 0) is 0 Å². The van der Waals surface area contributed by atoms with Gasteiger partial charge < -0.3 is 0 Å². The maximum Gasteiger partial charge on any atom is 0.102 e. The monoisotopic (exact) mass is 307 g/mol. The highest BCUT2D eigenvalue weighted by Gasteiger charge is 2.10. The first-order chi connectivity index (χ1) is 10.5. The molecule has 0 bridgehead atoms. The fourth-order valence-corrected chi connectivity index (χ4v) is 3.54. The molecule has 0 radical (unpaired) electrons. The summed E-state index contributed by atoms with van der Waals surface area (Å²) in [6.07, 6.45) is 0. The van der Waals surface area contributed by atoms with Crippen LogP contribution in [0.25, 0.3) is 10.9 Å². The molecule has 0 atom stereocenters. The van der Waals surface area contributed by atoms with Crippen LogP contribution >= 0.6 is 11.8 Å². The molecule has 0 aliphatic heterocycles. The van der Waals surface area contributed by atoms with Crippen molar-refractivity contribution < 1.29 is 0 Å². The second kappa shape index (κ2) is 6.13. The SMILES string of the molecule is Cc1ccc(Sc2cc(C)c3cccc(C(C)C)c3n2)cc1. The molecule has 0 saturated heterocycles. The van der Waals surface area contributed by atoms with Crippen molar-refractivity contribution in [3.63, 3.8) is 0 Å². The minimum atomic E-state index is 0.482. The Morgan fingerprint density at radius 1 is 0.955 bits per heavy atom. The second-order valence-electron chi connectivity index (χ2n) is 6.09. The van der Waals surface area contributed by atoms with Gasteiger partial charge in [-0.2, -0.15) is 0 Å². The zero-order chi connectivity index (χ0) is 15.7. The third-order valence-electron chi connectivity index (χ3n) is 3.92. The molecule has 2 aromatic carbocycles. The van der Waals surface area contributed by atoms with Gasteiger partial charge in [-0.1, -0.05) is 61.5 Å². The van der Waals surface area contributed by atoms with Crippen LogP contribution in [0, 0.1) is 13.8 Å². The van der Waals surface area contributed by atoms with E-state index in [0.29, 0.717) is 5.92 Å². The van der Waals surface area contributed by atoms with E-state index in [4.69, 9.17) is 4.98 Å². The largest absolute Gasteiger partial charge is 0.241 e. The van der Waals surface area contributed by atoms with Crippen molar-refractivity contribution >= 4 is 22.7 Å². The number of rotatable bonds is 3. The smallest absolute Gasteiger partial charge is 0.102 e. The summed E-state index contributed by atoms with van der Waals surface area (Å²) < 4.78 is 0. The summed E-state index contributed by atoms with van der Waals surface area (Å²) in [5, 5.41) is 2.33. The average molecular weight is 307 g/mol. The topological polar surface area (TPSA) is 12.9 Å². The summed E-state index contributed by atoms with van der Waals surface area (Å²) >= 11 is 1.73. The Hall–Kier alpha value is -1.80. The first-order valence-electron chi connectivity index (χ1n) is 7.69. The van der Waals surface area contributed by atoms with Crippen molar-refractivity contribution in [1.82, 2.24) is 4.98 Å². The molecule has 0 unspecified atom stereocenters. The summed E-state index contributed by atoms with van der Waals surface area (Å²) in [5.74, 6) is 0.482. The Labute approximate surface area is 136 Å². The van der Waals surface area contributed by atoms with E-state index in [1.54, 1.807) is 11.8 Å². The predicted octanol–water partition coefficient (Wildman–Crippen LogP) is 6.13. The first-order valence-corrected chi connectivity index (χ1v) is 8.51. The number of pyridine rings is 1. The Kier molecular flexibility index (Phi) is 4.21.